The van der Waals surface area contributed by atoms with E-state index in [2.05, 4.69) is 4.72 Å². The molecule has 0 aromatic heterocycles. The van der Waals surface area contributed by atoms with Crippen molar-refractivity contribution in [2.24, 2.45) is 0 Å². The summed E-state index contributed by atoms with van der Waals surface area (Å²) in [7, 11) is -3.74. The summed E-state index contributed by atoms with van der Waals surface area (Å²) < 4.78 is 52.5. The van der Waals surface area contributed by atoms with Gasteiger partial charge in [0, 0.05) is 16.5 Å². The first-order valence-electron chi connectivity index (χ1n) is 6.68. The van der Waals surface area contributed by atoms with Crippen LogP contribution in [0.5, 0.6) is 0 Å². The zero-order valence-electron chi connectivity index (χ0n) is 12.1. The molecular weight excluding hydrogens is 344 g/mol. The van der Waals surface area contributed by atoms with Gasteiger partial charge in [-0.05, 0) is 48.4 Å². The van der Waals surface area contributed by atoms with Crippen molar-refractivity contribution in [1.29, 1.82) is 0 Å². The molecule has 2 rings (SSSR count). The third-order valence-electron chi connectivity index (χ3n) is 3.09. The molecule has 0 heterocycles. The van der Waals surface area contributed by atoms with Crippen molar-refractivity contribution in [3.63, 3.8) is 0 Å². The van der Waals surface area contributed by atoms with Gasteiger partial charge in [0.25, 0.3) is 0 Å². The minimum absolute atomic E-state index is 0.326. The van der Waals surface area contributed by atoms with Gasteiger partial charge in [0.15, 0.2) is 11.6 Å². The molecule has 0 spiro atoms. The van der Waals surface area contributed by atoms with Gasteiger partial charge in [-0.3, -0.25) is 0 Å². The Morgan fingerprint density at radius 1 is 1.09 bits per heavy atom. The Bertz CT molecular complexity index is 820. The van der Waals surface area contributed by atoms with Crippen LogP contribution in [0.15, 0.2) is 47.9 Å². The Labute approximate surface area is 138 Å². The van der Waals surface area contributed by atoms with E-state index in [4.69, 9.17) is 11.6 Å². The fourth-order valence-corrected chi connectivity index (χ4v) is 3.05. The zero-order valence-corrected chi connectivity index (χ0v) is 13.7. The number of benzene rings is 2. The summed E-state index contributed by atoms with van der Waals surface area (Å²) in [5.41, 5.74) is 0.993. The summed E-state index contributed by atoms with van der Waals surface area (Å²) >= 11 is 5.75. The Hall–Kier alpha value is -1.76. The summed E-state index contributed by atoms with van der Waals surface area (Å²) in [6, 6.07) is 9.18. The fourth-order valence-electron chi connectivity index (χ4n) is 1.88. The van der Waals surface area contributed by atoms with E-state index in [1.165, 1.54) is 12.1 Å². The molecule has 0 bridgehead atoms. The largest absolute Gasteiger partial charge is 0.234 e. The number of nitrogens with one attached hydrogen (secondary N) is 1. The third kappa shape index (κ3) is 5.13. The molecule has 0 unspecified atom stereocenters. The van der Waals surface area contributed by atoms with Crippen LogP contribution >= 0.6 is 11.6 Å². The molecule has 0 aliphatic heterocycles. The molecule has 0 aliphatic carbocycles. The lowest BCUT2D eigenvalue weighted by molar-refractivity contribution is 0.504. The predicted octanol–water partition coefficient (Wildman–Crippen LogP) is 4.27. The first-order valence-corrected chi connectivity index (χ1v) is 8.60. The molecule has 0 radical (unpaired) electrons. The van der Waals surface area contributed by atoms with E-state index < -0.39 is 27.7 Å². The van der Waals surface area contributed by atoms with Gasteiger partial charge in [0.1, 0.15) is 0 Å². The smallest absolute Gasteiger partial charge is 0.208 e. The number of hydrogen-bond donors (Lipinski definition) is 1. The zero-order chi connectivity index (χ0) is 17.0. The SMILES string of the molecule is C[C@@H](NS(=O)(=O)/C=C/c1ccc(Cl)cc1)c1ccc(F)c(F)c1. The topological polar surface area (TPSA) is 46.2 Å². The summed E-state index contributed by atoms with van der Waals surface area (Å²) in [5.74, 6) is -2.00. The lowest BCUT2D eigenvalue weighted by Crippen LogP contribution is -2.24. The molecule has 2 aromatic rings. The van der Waals surface area contributed by atoms with Crippen LogP contribution in [-0.2, 0) is 10.0 Å². The number of hydrogen-bond acceptors (Lipinski definition) is 2. The number of rotatable bonds is 5. The van der Waals surface area contributed by atoms with Crippen molar-refractivity contribution in [1.82, 2.24) is 4.72 Å². The van der Waals surface area contributed by atoms with Crippen molar-refractivity contribution >= 4 is 27.7 Å². The van der Waals surface area contributed by atoms with E-state index in [0.717, 1.165) is 17.5 Å². The minimum atomic E-state index is -3.74. The van der Waals surface area contributed by atoms with Crippen LogP contribution in [0.2, 0.25) is 5.02 Å². The number of halogens is 3. The highest BCUT2D eigenvalue weighted by Gasteiger charge is 2.14. The van der Waals surface area contributed by atoms with Crippen LogP contribution in [0.3, 0.4) is 0 Å². The molecular formula is C16H14ClF2NO2S. The molecule has 3 nitrogen and oxygen atoms in total. The van der Waals surface area contributed by atoms with E-state index in [9.17, 15) is 17.2 Å². The summed E-state index contributed by atoms with van der Waals surface area (Å²) in [5, 5.41) is 1.56. The molecule has 0 saturated heterocycles. The number of sulfonamides is 1. The molecule has 7 heteroatoms. The molecule has 2 aromatic carbocycles. The van der Waals surface area contributed by atoms with Gasteiger partial charge >= 0.3 is 0 Å². The van der Waals surface area contributed by atoms with Gasteiger partial charge in [0.05, 0.1) is 0 Å². The second-order valence-electron chi connectivity index (χ2n) is 4.91. The highest BCUT2D eigenvalue weighted by molar-refractivity contribution is 7.92. The van der Waals surface area contributed by atoms with Crippen molar-refractivity contribution in [2.45, 2.75) is 13.0 Å². The molecule has 1 atom stereocenters. The molecule has 23 heavy (non-hydrogen) atoms. The van der Waals surface area contributed by atoms with E-state index in [1.54, 1.807) is 31.2 Å². The molecule has 122 valence electrons. The highest BCUT2D eigenvalue weighted by Crippen LogP contribution is 2.17. The van der Waals surface area contributed by atoms with Crippen molar-refractivity contribution < 1.29 is 17.2 Å². The predicted molar refractivity (Wildman–Crippen MR) is 87.3 cm³/mol. The van der Waals surface area contributed by atoms with E-state index in [0.29, 0.717) is 16.1 Å². The van der Waals surface area contributed by atoms with Crippen LogP contribution in [0.4, 0.5) is 8.78 Å². The van der Waals surface area contributed by atoms with Gasteiger partial charge < -0.3 is 0 Å². The maximum Gasteiger partial charge on any atom is 0.234 e. The van der Waals surface area contributed by atoms with Crippen LogP contribution in [0.1, 0.15) is 24.1 Å². The van der Waals surface area contributed by atoms with Crippen LogP contribution in [-0.4, -0.2) is 8.42 Å². The van der Waals surface area contributed by atoms with Crippen LogP contribution in [0, 0.1) is 11.6 Å². The van der Waals surface area contributed by atoms with E-state index >= 15 is 0 Å². The molecule has 0 amide bonds. The molecule has 0 saturated carbocycles. The molecule has 0 fully saturated rings. The Kier molecular flexibility index (Phi) is 5.51. The average molecular weight is 358 g/mol. The quantitative estimate of drug-likeness (QED) is 0.868. The van der Waals surface area contributed by atoms with E-state index in [-0.39, 0.29) is 0 Å². The maximum atomic E-state index is 13.2. The second-order valence-corrected chi connectivity index (χ2v) is 6.95. The monoisotopic (exact) mass is 357 g/mol. The van der Waals surface area contributed by atoms with Gasteiger partial charge in [-0.1, -0.05) is 29.8 Å². The minimum Gasteiger partial charge on any atom is -0.208 e. The summed E-state index contributed by atoms with van der Waals surface area (Å²) in [4.78, 5) is 0. The van der Waals surface area contributed by atoms with Gasteiger partial charge in [-0.25, -0.2) is 21.9 Å². The van der Waals surface area contributed by atoms with Crippen molar-refractivity contribution in [2.75, 3.05) is 0 Å². The second kappa shape index (κ2) is 7.21. The molecule has 1 N–H and O–H groups in total. The van der Waals surface area contributed by atoms with E-state index in [1.807, 2.05) is 0 Å². The normalized spacial score (nSPS) is 13.4. The lowest BCUT2D eigenvalue weighted by atomic mass is 10.1. The van der Waals surface area contributed by atoms with Gasteiger partial charge in [0.2, 0.25) is 10.0 Å². The van der Waals surface area contributed by atoms with Crippen molar-refractivity contribution in [3.8, 4) is 0 Å². The summed E-state index contributed by atoms with van der Waals surface area (Å²) in [6.45, 7) is 1.54. The van der Waals surface area contributed by atoms with Crippen LogP contribution in [0.25, 0.3) is 6.08 Å². The Morgan fingerprint density at radius 2 is 1.74 bits per heavy atom. The first-order chi connectivity index (χ1) is 10.8. The maximum absolute atomic E-state index is 13.2. The fraction of sp³-hybridized carbons (Fsp3) is 0.125. The lowest BCUT2D eigenvalue weighted by Gasteiger charge is -2.13. The Morgan fingerprint density at radius 3 is 2.35 bits per heavy atom. The highest BCUT2D eigenvalue weighted by atomic mass is 35.5. The van der Waals surface area contributed by atoms with Crippen LogP contribution < -0.4 is 4.72 Å². The standard InChI is InChI=1S/C16H14ClF2NO2S/c1-11(13-4-7-15(18)16(19)10-13)20-23(21,22)9-8-12-2-5-14(17)6-3-12/h2-11,20H,1H3/b9-8+/t11-/m1/s1. The molecule has 0 aliphatic rings. The Balaban J connectivity index is 2.10. The average Bonchev–Trinajstić information content (AvgIpc) is 2.49. The van der Waals surface area contributed by atoms with Crippen molar-refractivity contribution in [3.05, 3.63) is 75.7 Å². The van der Waals surface area contributed by atoms with Gasteiger partial charge in [-0.15, -0.1) is 0 Å². The third-order valence-corrected chi connectivity index (χ3v) is 4.52. The van der Waals surface area contributed by atoms with Gasteiger partial charge in [-0.2, -0.15) is 0 Å². The first kappa shape index (κ1) is 17.6. The summed E-state index contributed by atoms with van der Waals surface area (Å²) in [6.07, 6.45) is 1.41.